The first-order valence-electron chi connectivity index (χ1n) is 11.5. The summed E-state index contributed by atoms with van der Waals surface area (Å²) in [6, 6.07) is 18.7. The summed E-state index contributed by atoms with van der Waals surface area (Å²) < 4.78 is 33.1. The minimum Gasteiger partial charge on any atom is -0.492 e. The Bertz CT molecular complexity index is 1310. The predicted molar refractivity (Wildman–Crippen MR) is 141 cm³/mol. The molecular formula is C25H27ClN4O5S. The number of sulfonamides is 1. The summed E-state index contributed by atoms with van der Waals surface area (Å²) in [5.74, 6) is 0.655. The number of anilines is 2. The maximum atomic E-state index is 13.0. The molecule has 1 saturated heterocycles. The number of halogens is 1. The zero-order chi connectivity index (χ0) is 25.7. The molecule has 36 heavy (non-hydrogen) atoms. The van der Waals surface area contributed by atoms with Crippen LogP contribution in [0.3, 0.4) is 0 Å². The standard InChI is InChI=1S/C25H27ClN4O5S/c1-19-2-9-23(10-3-19)36(33,34)29-15-13-28(14-16-29)21-6-11-25(30(31)32)24(18-21)27-12-17-35-22-7-4-20(26)5-8-22/h2-11,18,27H,12-17H2,1H3. The van der Waals surface area contributed by atoms with Gasteiger partial charge in [-0.2, -0.15) is 4.31 Å². The summed E-state index contributed by atoms with van der Waals surface area (Å²) in [5, 5.41) is 15.2. The Labute approximate surface area is 215 Å². The van der Waals surface area contributed by atoms with Crippen molar-refractivity contribution in [3.8, 4) is 5.75 Å². The molecule has 1 N–H and O–H groups in total. The number of rotatable bonds is 9. The van der Waals surface area contributed by atoms with Crippen molar-refractivity contribution in [2.24, 2.45) is 0 Å². The minimum atomic E-state index is -3.57. The van der Waals surface area contributed by atoms with Crippen LogP contribution >= 0.6 is 11.6 Å². The molecule has 0 aromatic heterocycles. The van der Waals surface area contributed by atoms with Crippen LogP contribution < -0.4 is 15.0 Å². The largest absolute Gasteiger partial charge is 0.492 e. The van der Waals surface area contributed by atoms with Gasteiger partial charge >= 0.3 is 0 Å². The lowest BCUT2D eigenvalue weighted by Gasteiger charge is -2.35. The fraction of sp³-hybridized carbons (Fsp3) is 0.280. The third-order valence-corrected chi connectivity index (χ3v) is 8.10. The molecule has 0 bridgehead atoms. The van der Waals surface area contributed by atoms with Crippen LogP contribution in [0.4, 0.5) is 17.1 Å². The van der Waals surface area contributed by atoms with E-state index in [9.17, 15) is 18.5 Å². The van der Waals surface area contributed by atoms with Crippen molar-refractivity contribution in [3.63, 3.8) is 0 Å². The second kappa shape index (κ2) is 11.2. The van der Waals surface area contributed by atoms with E-state index in [2.05, 4.69) is 5.32 Å². The van der Waals surface area contributed by atoms with Crippen LogP contribution in [-0.2, 0) is 10.0 Å². The van der Waals surface area contributed by atoms with Crippen LogP contribution in [0.25, 0.3) is 0 Å². The Morgan fingerprint density at radius 2 is 1.67 bits per heavy atom. The minimum absolute atomic E-state index is 0.0363. The molecular weight excluding hydrogens is 504 g/mol. The molecule has 1 aliphatic heterocycles. The summed E-state index contributed by atoms with van der Waals surface area (Å²) in [5.41, 5.74) is 2.13. The van der Waals surface area contributed by atoms with Crippen LogP contribution in [0.5, 0.6) is 5.75 Å². The number of nitrogens with one attached hydrogen (secondary N) is 1. The number of benzene rings is 3. The fourth-order valence-electron chi connectivity index (χ4n) is 3.95. The zero-order valence-electron chi connectivity index (χ0n) is 19.8. The van der Waals surface area contributed by atoms with E-state index in [1.165, 1.54) is 10.4 Å². The third-order valence-electron chi connectivity index (χ3n) is 5.94. The molecule has 0 atom stereocenters. The van der Waals surface area contributed by atoms with Crippen LogP contribution in [-0.4, -0.2) is 57.0 Å². The van der Waals surface area contributed by atoms with Gasteiger partial charge in [-0.15, -0.1) is 0 Å². The van der Waals surface area contributed by atoms with Crippen molar-refractivity contribution in [3.05, 3.63) is 87.4 Å². The van der Waals surface area contributed by atoms with Crippen molar-refractivity contribution in [2.45, 2.75) is 11.8 Å². The van der Waals surface area contributed by atoms with Gasteiger partial charge in [0.15, 0.2) is 0 Å². The lowest BCUT2D eigenvalue weighted by atomic mass is 10.2. The second-order valence-electron chi connectivity index (χ2n) is 8.39. The molecule has 3 aromatic carbocycles. The smallest absolute Gasteiger partial charge is 0.292 e. The summed E-state index contributed by atoms with van der Waals surface area (Å²) >= 11 is 5.87. The van der Waals surface area contributed by atoms with E-state index < -0.39 is 14.9 Å². The normalized spacial score (nSPS) is 14.4. The molecule has 0 saturated carbocycles. The molecule has 9 nitrogen and oxygen atoms in total. The first-order chi connectivity index (χ1) is 17.2. The SMILES string of the molecule is Cc1ccc(S(=O)(=O)N2CCN(c3ccc([N+](=O)[O-])c(NCCOc4ccc(Cl)cc4)c3)CC2)cc1. The Hall–Kier alpha value is -3.34. The molecule has 4 rings (SSSR count). The quantitative estimate of drug-likeness (QED) is 0.245. The van der Waals surface area contributed by atoms with Crippen molar-refractivity contribution in [2.75, 3.05) is 49.5 Å². The molecule has 3 aromatic rings. The lowest BCUT2D eigenvalue weighted by Crippen LogP contribution is -2.48. The van der Waals surface area contributed by atoms with E-state index in [0.717, 1.165) is 11.3 Å². The van der Waals surface area contributed by atoms with Gasteiger partial charge in [-0.3, -0.25) is 10.1 Å². The maximum Gasteiger partial charge on any atom is 0.292 e. The molecule has 0 spiro atoms. The van der Waals surface area contributed by atoms with E-state index in [1.807, 2.05) is 11.8 Å². The fourth-order valence-corrected chi connectivity index (χ4v) is 5.50. The van der Waals surface area contributed by atoms with Crippen molar-refractivity contribution in [1.82, 2.24) is 4.31 Å². The molecule has 190 valence electrons. The summed E-state index contributed by atoms with van der Waals surface area (Å²) in [6.45, 7) is 4.17. The highest BCUT2D eigenvalue weighted by atomic mass is 35.5. The number of piperazine rings is 1. The van der Waals surface area contributed by atoms with Crippen LogP contribution in [0.15, 0.2) is 71.6 Å². The molecule has 1 heterocycles. The van der Waals surface area contributed by atoms with E-state index in [1.54, 1.807) is 60.7 Å². The first-order valence-corrected chi connectivity index (χ1v) is 13.3. The van der Waals surface area contributed by atoms with Gasteiger partial charge in [0.1, 0.15) is 18.0 Å². The second-order valence-corrected chi connectivity index (χ2v) is 10.8. The van der Waals surface area contributed by atoms with Gasteiger partial charge in [-0.25, -0.2) is 8.42 Å². The van der Waals surface area contributed by atoms with E-state index in [-0.39, 0.29) is 10.6 Å². The average Bonchev–Trinajstić information content (AvgIpc) is 2.88. The number of nitro groups is 1. The van der Waals surface area contributed by atoms with Gasteiger partial charge in [-0.05, 0) is 55.5 Å². The highest BCUT2D eigenvalue weighted by Gasteiger charge is 2.29. The number of aryl methyl sites for hydroxylation is 1. The molecule has 0 radical (unpaired) electrons. The first kappa shape index (κ1) is 25.7. The molecule has 1 fully saturated rings. The summed E-state index contributed by atoms with van der Waals surface area (Å²) in [4.78, 5) is 13.4. The number of hydrogen-bond donors (Lipinski definition) is 1. The molecule has 0 amide bonds. The van der Waals surface area contributed by atoms with E-state index in [0.29, 0.717) is 55.8 Å². The van der Waals surface area contributed by atoms with Gasteiger partial charge in [0, 0.05) is 49.5 Å². The van der Waals surface area contributed by atoms with Crippen molar-refractivity contribution in [1.29, 1.82) is 0 Å². The van der Waals surface area contributed by atoms with Crippen molar-refractivity contribution >= 4 is 38.7 Å². The zero-order valence-corrected chi connectivity index (χ0v) is 21.3. The monoisotopic (exact) mass is 530 g/mol. The van der Waals surface area contributed by atoms with Gasteiger partial charge in [-0.1, -0.05) is 29.3 Å². The van der Waals surface area contributed by atoms with Crippen LogP contribution in [0.1, 0.15) is 5.56 Å². The van der Waals surface area contributed by atoms with Crippen molar-refractivity contribution < 1.29 is 18.1 Å². The Morgan fingerprint density at radius 1 is 1.00 bits per heavy atom. The van der Waals surface area contributed by atoms with Crippen LogP contribution in [0.2, 0.25) is 5.02 Å². The Balaban J connectivity index is 1.39. The average molecular weight is 531 g/mol. The number of nitrogens with zero attached hydrogens (tertiary/aromatic N) is 3. The maximum absolute atomic E-state index is 13.0. The predicted octanol–water partition coefficient (Wildman–Crippen LogP) is 4.56. The Morgan fingerprint density at radius 3 is 2.31 bits per heavy atom. The topological polar surface area (TPSA) is 105 Å². The highest BCUT2D eigenvalue weighted by molar-refractivity contribution is 7.89. The lowest BCUT2D eigenvalue weighted by molar-refractivity contribution is -0.383. The van der Waals surface area contributed by atoms with E-state index >= 15 is 0 Å². The molecule has 11 heteroatoms. The molecule has 1 aliphatic rings. The van der Waals surface area contributed by atoms with Gasteiger partial charge in [0.2, 0.25) is 10.0 Å². The molecule has 0 aliphatic carbocycles. The van der Waals surface area contributed by atoms with E-state index in [4.69, 9.17) is 16.3 Å². The highest BCUT2D eigenvalue weighted by Crippen LogP contribution is 2.30. The third kappa shape index (κ3) is 6.07. The Kier molecular flexibility index (Phi) is 7.97. The van der Waals surface area contributed by atoms with Crippen LogP contribution in [0, 0.1) is 17.0 Å². The number of ether oxygens (including phenoxy) is 1. The summed E-state index contributed by atoms with van der Waals surface area (Å²) in [7, 11) is -3.57. The van der Waals surface area contributed by atoms with Gasteiger partial charge in [0.05, 0.1) is 9.82 Å². The van der Waals surface area contributed by atoms with Gasteiger partial charge < -0.3 is 15.0 Å². The summed E-state index contributed by atoms with van der Waals surface area (Å²) in [6.07, 6.45) is 0. The molecule has 0 unspecified atom stereocenters. The van der Waals surface area contributed by atoms with Gasteiger partial charge in [0.25, 0.3) is 5.69 Å². The number of hydrogen-bond acceptors (Lipinski definition) is 7. The number of nitro benzene ring substituents is 1.